The van der Waals surface area contributed by atoms with Gasteiger partial charge in [-0.15, -0.1) is 11.6 Å². The van der Waals surface area contributed by atoms with Crippen molar-refractivity contribution < 1.29 is 4.79 Å². The SMILES string of the molecule is Cc1ccc(CC(=O)NCCCl)cc1C. The van der Waals surface area contributed by atoms with Crippen LogP contribution in [0.3, 0.4) is 0 Å². The van der Waals surface area contributed by atoms with Crippen LogP contribution in [0.4, 0.5) is 0 Å². The van der Waals surface area contributed by atoms with E-state index in [0.29, 0.717) is 18.8 Å². The maximum Gasteiger partial charge on any atom is 0.224 e. The zero-order chi connectivity index (χ0) is 11.3. The molecule has 0 heterocycles. The van der Waals surface area contributed by atoms with Crippen molar-refractivity contribution in [2.45, 2.75) is 20.3 Å². The second-order valence-corrected chi connectivity index (χ2v) is 4.01. The van der Waals surface area contributed by atoms with Crippen molar-refractivity contribution in [2.24, 2.45) is 0 Å². The Hall–Kier alpha value is -1.02. The van der Waals surface area contributed by atoms with Crippen LogP contribution < -0.4 is 5.32 Å². The molecule has 1 rings (SSSR count). The second kappa shape index (κ2) is 5.76. The summed E-state index contributed by atoms with van der Waals surface area (Å²) >= 11 is 5.48. The highest BCUT2D eigenvalue weighted by Crippen LogP contribution is 2.10. The number of carbonyl (C=O) groups excluding carboxylic acids is 1. The average molecular weight is 226 g/mol. The molecule has 0 saturated heterocycles. The van der Waals surface area contributed by atoms with Gasteiger partial charge in [0, 0.05) is 12.4 Å². The van der Waals surface area contributed by atoms with Gasteiger partial charge in [-0.05, 0) is 30.5 Å². The first-order valence-electron chi connectivity index (χ1n) is 5.02. The molecule has 0 saturated carbocycles. The number of hydrogen-bond acceptors (Lipinski definition) is 1. The van der Waals surface area contributed by atoms with Crippen LogP contribution >= 0.6 is 11.6 Å². The molecule has 0 aromatic heterocycles. The van der Waals surface area contributed by atoms with Crippen LogP contribution in [0, 0.1) is 13.8 Å². The summed E-state index contributed by atoms with van der Waals surface area (Å²) in [6.07, 6.45) is 0.429. The Balaban J connectivity index is 2.57. The van der Waals surface area contributed by atoms with Crippen LogP contribution in [0.2, 0.25) is 0 Å². The standard InChI is InChI=1S/C12H16ClNO/c1-9-3-4-11(7-10(9)2)8-12(15)14-6-5-13/h3-4,7H,5-6,8H2,1-2H3,(H,14,15). The molecule has 0 aliphatic rings. The van der Waals surface area contributed by atoms with Gasteiger partial charge in [-0.1, -0.05) is 18.2 Å². The molecule has 3 heteroatoms. The lowest BCUT2D eigenvalue weighted by atomic mass is 10.0. The molecule has 1 amide bonds. The third kappa shape index (κ3) is 3.92. The predicted octanol–water partition coefficient (Wildman–Crippen LogP) is 2.20. The van der Waals surface area contributed by atoms with Gasteiger partial charge in [0.25, 0.3) is 0 Å². The van der Waals surface area contributed by atoms with E-state index in [2.05, 4.69) is 25.2 Å². The number of hydrogen-bond donors (Lipinski definition) is 1. The summed E-state index contributed by atoms with van der Waals surface area (Å²) in [6, 6.07) is 6.08. The minimum Gasteiger partial charge on any atom is -0.355 e. The van der Waals surface area contributed by atoms with E-state index in [1.54, 1.807) is 0 Å². The number of rotatable bonds is 4. The number of halogens is 1. The lowest BCUT2D eigenvalue weighted by Gasteiger charge is -2.05. The van der Waals surface area contributed by atoms with Gasteiger partial charge in [0.15, 0.2) is 0 Å². The highest BCUT2D eigenvalue weighted by atomic mass is 35.5. The van der Waals surface area contributed by atoms with E-state index in [9.17, 15) is 4.79 Å². The average Bonchev–Trinajstić information content (AvgIpc) is 2.20. The lowest BCUT2D eigenvalue weighted by Crippen LogP contribution is -2.26. The van der Waals surface area contributed by atoms with Gasteiger partial charge >= 0.3 is 0 Å². The Morgan fingerprint density at radius 2 is 2.07 bits per heavy atom. The molecule has 0 atom stereocenters. The van der Waals surface area contributed by atoms with Gasteiger partial charge in [-0.3, -0.25) is 4.79 Å². The molecule has 82 valence electrons. The number of nitrogens with one attached hydrogen (secondary N) is 1. The minimum absolute atomic E-state index is 0.0268. The van der Waals surface area contributed by atoms with Crippen LogP contribution in [-0.4, -0.2) is 18.3 Å². The molecule has 15 heavy (non-hydrogen) atoms. The van der Waals surface area contributed by atoms with E-state index in [1.165, 1.54) is 11.1 Å². The molecular formula is C12H16ClNO. The van der Waals surface area contributed by atoms with Gasteiger partial charge in [0.05, 0.1) is 6.42 Å². The van der Waals surface area contributed by atoms with Crippen LogP contribution in [0.25, 0.3) is 0 Å². The lowest BCUT2D eigenvalue weighted by molar-refractivity contribution is -0.120. The largest absolute Gasteiger partial charge is 0.355 e. The maximum atomic E-state index is 11.4. The molecular weight excluding hydrogens is 210 g/mol. The summed E-state index contributed by atoms with van der Waals surface area (Å²) in [6.45, 7) is 4.65. The summed E-state index contributed by atoms with van der Waals surface area (Å²) in [5, 5.41) is 2.74. The third-order valence-electron chi connectivity index (χ3n) is 2.35. The summed E-state index contributed by atoms with van der Waals surface area (Å²) in [5.41, 5.74) is 3.52. The van der Waals surface area contributed by atoms with E-state index in [4.69, 9.17) is 11.6 Å². The third-order valence-corrected chi connectivity index (χ3v) is 2.54. The van der Waals surface area contributed by atoms with Crippen molar-refractivity contribution in [3.63, 3.8) is 0 Å². The van der Waals surface area contributed by atoms with Gasteiger partial charge in [0.2, 0.25) is 5.91 Å². The number of carbonyl (C=O) groups is 1. The molecule has 1 N–H and O–H groups in total. The summed E-state index contributed by atoms with van der Waals surface area (Å²) < 4.78 is 0. The Labute approximate surface area is 95.6 Å². The molecule has 1 aromatic carbocycles. The normalized spacial score (nSPS) is 10.1. The second-order valence-electron chi connectivity index (χ2n) is 3.63. The molecule has 0 spiro atoms. The van der Waals surface area contributed by atoms with Crippen molar-refractivity contribution >= 4 is 17.5 Å². The first-order valence-corrected chi connectivity index (χ1v) is 5.55. The van der Waals surface area contributed by atoms with E-state index in [-0.39, 0.29) is 5.91 Å². The van der Waals surface area contributed by atoms with Crippen LogP contribution in [0.15, 0.2) is 18.2 Å². The zero-order valence-electron chi connectivity index (χ0n) is 9.14. The van der Waals surface area contributed by atoms with Crippen LogP contribution in [-0.2, 0) is 11.2 Å². The maximum absolute atomic E-state index is 11.4. The van der Waals surface area contributed by atoms with E-state index in [1.807, 2.05) is 12.1 Å². The molecule has 2 nitrogen and oxygen atoms in total. The molecule has 0 aliphatic heterocycles. The molecule has 0 fully saturated rings. The number of benzene rings is 1. The van der Waals surface area contributed by atoms with Crippen LogP contribution in [0.5, 0.6) is 0 Å². The quantitative estimate of drug-likeness (QED) is 0.783. The first-order chi connectivity index (χ1) is 7.13. The fourth-order valence-corrected chi connectivity index (χ4v) is 1.44. The Morgan fingerprint density at radius 3 is 2.67 bits per heavy atom. The van der Waals surface area contributed by atoms with Gasteiger partial charge in [-0.2, -0.15) is 0 Å². The zero-order valence-corrected chi connectivity index (χ0v) is 9.90. The number of aryl methyl sites for hydroxylation is 2. The number of amides is 1. The summed E-state index contributed by atoms with van der Waals surface area (Å²) in [5.74, 6) is 0.484. The highest BCUT2D eigenvalue weighted by Gasteiger charge is 2.03. The van der Waals surface area contributed by atoms with Crippen molar-refractivity contribution in [1.29, 1.82) is 0 Å². The molecule has 0 bridgehead atoms. The van der Waals surface area contributed by atoms with Crippen molar-refractivity contribution in [2.75, 3.05) is 12.4 Å². The molecule has 1 aromatic rings. The highest BCUT2D eigenvalue weighted by molar-refractivity contribution is 6.18. The Kier molecular flexibility index (Phi) is 4.63. The minimum atomic E-state index is 0.0268. The van der Waals surface area contributed by atoms with Gasteiger partial charge < -0.3 is 5.32 Å². The van der Waals surface area contributed by atoms with Gasteiger partial charge in [0.1, 0.15) is 0 Å². The van der Waals surface area contributed by atoms with E-state index in [0.717, 1.165) is 5.56 Å². The van der Waals surface area contributed by atoms with Crippen molar-refractivity contribution in [3.05, 3.63) is 34.9 Å². The summed E-state index contributed by atoms with van der Waals surface area (Å²) in [7, 11) is 0. The molecule has 0 radical (unpaired) electrons. The fraction of sp³-hybridized carbons (Fsp3) is 0.417. The van der Waals surface area contributed by atoms with Gasteiger partial charge in [-0.25, -0.2) is 0 Å². The molecule has 0 unspecified atom stereocenters. The monoisotopic (exact) mass is 225 g/mol. The summed E-state index contributed by atoms with van der Waals surface area (Å²) in [4.78, 5) is 11.4. The Bertz CT molecular complexity index is 349. The number of alkyl halides is 1. The first kappa shape index (κ1) is 12.1. The van der Waals surface area contributed by atoms with Crippen molar-refractivity contribution in [3.8, 4) is 0 Å². The topological polar surface area (TPSA) is 29.1 Å². The van der Waals surface area contributed by atoms with Crippen molar-refractivity contribution in [1.82, 2.24) is 5.32 Å². The predicted molar refractivity (Wildman–Crippen MR) is 63.3 cm³/mol. The molecule has 0 aliphatic carbocycles. The van der Waals surface area contributed by atoms with Crippen LogP contribution in [0.1, 0.15) is 16.7 Å². The fourth-order valence-electron chi connectivity index (χ4n) is 1.35. The van der Waals surface area contributed by atoms with E-state index < -0.39 is 0 Å². The van der Waals surface area contributed by atoms with E-state index >= 15 is 0 Å². The smallest absolute Gasteiger partial charge is 0.224 e. The Morgan fingerprint density at radius 1 is 1.33 bits per heavy atom.